The van der Waals surface area contributed by atoms with Gasteiger partial charge in [-0.15, -0.1) is 0 Å². The van der Waals surface area contributed by atoms with Crippen LogP contribution in [0.4, 0.5) is 0 Å². The van der Waals surface area contributed by atoms with E-state index in [9.17, 15) is 4.91 Å². The summed E-state index contributed by atoms with van der Waals surface area (Å²) in [5, 5.41) is 0. The Morgan fingerprint density at radius 1 is 1.25 bits per heavy atom. The Hall–Kier alpha value is -1.38. The van der Waals surface area contributed by atoms with Crippen molar-refractivity contribution in [3.05, 3.63) is 40.8 Å². The second kappa shape index (κ2) is 6.26. The fourth-order valence-electron chi connectivity index (χ4n) is 1.67. The largest absolute Gasteiger partial charge is 0.259 e. The highest BCUT2D eigenvalue weighted by Gasteiger charge is 2.29. The summed E-state index contributed by atoms with van der Waals surface area (Å²) in [7, 11) is 0. The van der Waals surface area contributed by atoms with E-state index in [-0.39, 0.29) is 6.04 Å². The van der Waals surface area contributed by atoms with Gasteiger partial charge in [0.2, 0.25) is 4.92 Å². The highest BCUT2D eigenvalue weighted by Crippen LogP contribution is 2.11. The molecule has 88 valence electrons. The van der Waals surface area contributed by atoms with Crippen LogP contribution in [0, 0.1) is 10.8 Å². The molecule has 0 saturated carbocycles. The lowest BCUT2D eigenvalue weighted by molar-refractivity contribution is -0.834. The van der Waals surface area contributed by atoms with E-state index in [1.807, 2.05) is 51.1 Å². The van der Waals surface area contributed by atoms with Crippen molar-refractivity contribution in [2.45, 2.75) is 39.8 Å². The normalized spacial score (nSPS) is 12.5. The van der Waals surface area contributed by atoms with E-state index in [0.29, 0.717) is 12.5 Å². The summed E-state index contributed by atoms with van der Waals surface area (Å²) in [6.07, 6.45) is 0.802. The third-order valence-corrected chi connectivity index (χ3v) is 2.66. The highest BCUT2D eigenvalue weighted by atomic mass is 16.8. The number of hydrogen-bond donors (Lipinski definition) is 0. The average molecular weight is 222 g/mol. The van der Waals surface area contributed by atoms with Crippen molar-refractivity contribution in [1.82, 2.24) is 0 Å². The summed E-state index contributed by atoms with van der Waals surface area (Å²) < 4.78 is 0. The van der Waals surface area contributed by atoms with Gasteiger partial charge in [0.15, 0.2) is 6.61 Å². The molecule has 1 rings (SSSR count). The lowest BCUT2D eigenvalue weighted by Crippen LogP contribution is -2.28. The van der Waals surface area contributed by atoms with Crippen LogP contribution in [0.5, 0.6) is 0 Å². The Morgan fingerprint density at radius 2 is 1.88 bits per heavy atom. The molecule has 3 nitrogen and oxygen atoms in total. The Balaban J connectivity index is 2.46. The molecule has 1 aromatic rings. The molecule has 0 radical (unpaired) electrons. The monoisotopic (exact) mass is 222 g/mol. The van der Waals surface area contributed by atoms with Crippen LogP contribution in [-0.2, 0) is 11.4 Å². The van der Waals surface area contributed by atoms with Gasteiger partial charge in [-0.25, -0.2) is 4.84 Å². The number of hydrogen-bond acceptors (Lipinski definition) is 2. The molecule has 1 aromatic carbocycles. The second-order valence-corrected chi connectivity index (χ2v) is 4.26. The molecule has 0 bridgehead atoms. The quantitative estimate of drug-likeness (QED) is 0.691. The molecular formula is C13H20NO2+. The van der Waals surface area contributed by atoms with Gasteiger partial charge in [0.05, 0.1) is 4.91 Å². The maximum Gasteiger partial charge on any atom is 0.259 e. The van der Waals surface area contributed by atoms with Crippen molar-refractivity contribution < 1.29 is 9.76 Å². The molecule has 0 aliphatic carbocycles. The van der Waals surface area contributed by atoms with Crippen molar-refractivity contribution in [2.75, 3.05) is 0 Å². The van der Waals surface area contributed by atoms with Crippen molar-refractivity contribution in [3.63, 3.8) is 0 Å². The van der Waals surface area contributed by atoms with Gasteiger partial charge in [0.1, 0.15) is 0 Å². The van der Waals surface area contributed by atoms with Crippen LogP contribution in [0.15, 0.2) is 30.3 Å². The van der Waals surface area contributed by atoms with Gasteiger partial charge in [-0.05, 0) is 5.56 Å². The van der Waals surface area contributed by atoms with Crippen molar-refractivity contribution >= 4 is 0 Å². The lowest BCUT2D eigenvalue weighted by atomic mass is 10.0. The van der Waals surface area contributed by atoms with E-state index in [1.165, 1.54) is 0 Å². The van der Waals surface area contributed by atoms with Crippen molar-refractivity contribution in [3.8, 4) is 0 Å². The minimum absolute atomic E-state index is 0.0660. The van der Waals surface area contributed by atoms with Crippen molar-refractivity contribution in [1.29, 1.82) is 0 Å². The van der Waals surface area contributed by atoms with Gasteiger partial charge in [0, 0.05) is 12.3 Å². The van der Waals surface area contributed by atoms with E-state index in [2.05, 4.69) is 0 Å². The molecule has 1 unspecified atom stereocenters. The van der Waals surface area contributed by atoms with Gasteiger partial charge in [-0.2, -0.15) is 0 Å². The van der Waals surface area contributed by atoms with Gasteiger partial charge in [0.25, 0.3) is 6.04 Å². The first-order chi connectivity index (χ1) is 7.65. The predicted molar refractivity (Wildman–Crippen MR) is 63.8 cm³/mol. The maximum atomic E-state index is 11.7. The zero-order valence-electron chi connectivity index (χ0n) is 10.2. The molecule has 0 aliphatic heterocycles. The Bertz CT molecular complexity index is 322. The van der Waals surface area contributed by atoms with E-state index in [0.717, 1.165) is 16.9 Å². The predicted octanol–water partition coefficient (Wildman–Crippen LogP) is 3.33. The fraction of sp³-hybridized carbons (Fsp3) is 0.538. The van der Waals surface area contributed by atoms with E-state index < -0.39 is 0 Å². The third kappa shape index (κ3) is 3.65. The van der Waals surface area contributed by atoms with E-state index in [1.54, 1.807) is 0 Å². The summed E-state index contributed by atoms with van der Waals surface area (Å²) >= 11 is 0. The first kappa shape index (κ1) is 12.7. The summed E-state index contributed by atoms with van der Waals surface area (Å²) in [6.45, 7) is 6.41. The molecule has 0 heterocycles. The minimum Gasteiger partial charge on any atom is -0.227 e. The lowest BCUT2D eigenvalue weighted by Gasteiger charge is -2.08. The molecule has 0 spiro atoms. The van der Waals surface area contributed by atoms with Gasteiger partial charge in [-0.3, -0.25) is 0 Å². The van der Waals surface area contributed by atoms with Crippen LogP contribution in [-0.4, -0.2) is 11.0 Å². The molecule has 0 saturated heterocycles. The zero-order chi connectivity index (χ0) is 12.0. The molecule has 3 heteroatoms. The van der Waals surface area contributed by atoms with Gasteiger partial charge in [-0.1, -0.05) is 51.1 Å². The summed E-state index contributed by atoms with van der Waals surface area (Å²) in [5.41, 5.74) is 1.02. The minimum atomic E-state index is -0.0660. The van der Waals surface area contributed by atoms with Crippen molar-refractivity contribution in [2.24, 2.45) is 5.92 Å². The Kier molecular flexibility index (Phi) is 4.96. The molecular weight excluding hydrogens is 202 g/mol. The molecule has 0 fully saturated rings. The number of nitrogens with zero attached hydrogens (tertiary/aromatic N) is 1. The van der Waals surface area contributed by atoms with Gasteiger partial charge >= 0.3 is 0 Å². The van der Waals surface area contributed by atoms with E-state index >= 15 is 0 Å². The number of benzene rings is 1. The molecule has 0 aliphatic rings. The standard InChI is InChI=1S/C13H20NO2/c1-4-13(11(2)3)14(15)16-10-12-8-6-5-7-9-12/h5-9,11,13H,4,10H2,1-3H3/q+1. The van der Waals surface area contributed by atoms with Gasteiger partial charge < -0.3 is 0 Å². The summed E-state index contributed by atoms with van der Waals surface area (Å²) in [5.74, 6) is 0.304. The number of rotatable bonds is 6. The highest BCUT2D eigenvalue weighted by molar-refractivity contribution is 5.13. The first-order valence-corrected chi connectivity index (χ1v) is 5.78. The summed E-state index contributed by atoms with van der Waals surface area (Å²) in [6, 6.07) is 9.65. The first-order valence-electron chi connectivity index (χ1n) is 5.78. The van der Waals surface area contributed by atoms with Crippen LogP contribution in [0.3, 0.4) is 0 Å². The topological polar surface area (TPSA) is 29.3 Å². The van der Waals surface area contributed by atoms with Crippen LogP contribution >= 0.6 is 0 Å². The molecule has 16 heavy (non-hydrogen) atoms. The van der Waals surface area contributed by atoms with Crippen LogP contribution in [0.2, 0.25) is 0 Å². The third-order valence-electron chi connectivity index (χ3n) is 2.66. The molecule has 0 amide bonds. The Morgan fingerprint density at radius 3 is 2.38 bits per heavy atom. The van der Waals surface area contributed by atoms with Crippen LogP contribution in [0.1, 0.15) is 32.8 Å². The maximum absolute atomic E-state index is 11.7. The molecule has 0 N–H and O–H groups in total. The molecule has 1 atom stereocenters. The smallest absolute Gasteiger partial charge is 0.227 e. The average Bonchev–Trinajstić information content (AvgIpc) is 2.28. The van der Waals surface area contributed by atoms with Crippen LogP contribution < -0.4 is 0 Å². The molecule has 0 aromatic heterocycles. The Labute approximate surface area is 97.0 Å². The van der Waals surface area contributed by atoms with E-state index in [4.69, 9.17) is 4.84 Å². The van der Waals surface area contributed by atoms with Crippen LogP contribution in [0.25, 0.3) is 0 Å². The summed E-state index contributed by atoms with van der Waals surface area (Å²) in [4.78, 5) is 17.7. The fourth-order valence-corrected chi connectivity index (χ4v) is 1.67. The zero-order valence-corrected chi connectivity index (χ0v) is 10.2. The second-order valence-electron chi connectivity index (χ2n) is 4.26. The SMILES string of the molecule is CCC(C(C)C)[N+](=O)OCc1ccccc1.